The highest BCUT2D eigenvalue weighted by Crippen LogP contribution is 2.20. The van der Waals surface area contributed by atoms with Crippen molar-refractivity contribution in [3.05, 3.63) is 39.9 Å². The van der Waals surface area contributed by atoms with Crippen molar-refractivity contribution in [3.63, 3.8) is 0 Å². The highest BCUT2D eigenvalue weighted by Gasteiger charge is 2.10. The second-order valence-corrected chi connectivity index (χ2v) is 3.93. The van der Waals surface area contributed by atoms with Crippen LogP contribution in [0.1, 0.15) is 25.0 Å². The van der Waals surface area contributed by atoms with Crippen LogP contribution in [0.25, 0.3) is 6.08 Å². The summed E-state index contributed by atoms with van der Waals surface area (Å²) in [6, 6.07) is 6.63. The van der Waals surface area contributed by atoms with Crippen LogP contribution in [0.4, 0.5) is 0 Å². The van der Waals surface area contributed by atoms with E-state index >= 15 is 0 Å². The highest BCUT2D eigenvalue weighted by molar-refractivity contribution is 6.32. The lowest BCUT2D eigenvalue weighted by atomic mass is 10.0. The van der Waals surface area contributed by atoms with Gasteiger partial charge in [0.2, 0.25) is 0 Å². The summed E-state index contributed by atoms with van der Waals surface area (Å²) < 4.78 is 0. The van der Waals surface area contributed by atoms with E-state index in [1.807, 2.05) is 6.07 Å². The molecule has 1 rings (SSSR count). The molecule has 1 aromatic rings. The number of allylic oxidation sites excluding steroid dienone is 1. The fraction of sp³-hybridized carbons (Fsp3) is 0.154. The van der Waals surface area contributed by atoms with Crippen molar-refractivity contribution in [1.82, 2.24) is 0 Å². The van der Waals surface area contributed by atoms with Crippen LogP contribution in [0.5, 0.6) is 0 Å². The molecule has 0 atom stereocenters. The van der Waals surface area contributed by atoms with Crippen molar-refractivity contribution < 1.29 is 9.59 Å². The first-order valence-electron chi connectivity index (χ1n) is 4.89. The first-order valence-corrected chi connectivity index (χ1v) is 5.26. The molecule has 1 aromatic carbocycles. The van der Waals surface area contributed by atoms with Gasteiger partial charge in [-0.25, -0.2) is 0 Å². The van der Waals surface area contributed by atoms with Crippen LogP contribution in [0.15, 0.2) is 23.8 Å². The van der Waals surface area contributed by atoms with Crippen molar-refractivity contribution >= 4 is 29.2 Å². The lowest BCUT2D eigenvalue weighted by molar-refractivity contribution is -0.119. The van der Waals surface area contributed by atoms with Gasteiger partial charge in [-0.1, -0.05) is 17.7 Å². The Morgan fingerprint density at radius 3 is 2.29 bits per heavy atom. The normalized spacial score (nSPS) is 9.29. The molecule has 0 radical (unpaired) electrons. The van der Waals surface area contributed by atoms with Gasteiger partial charge in [0, 0.05) is 5.02 Å². The van der Waals surface area contributed by atoms with Crippen LogP contribution in [0.2, 0.25) is 5.02 Å². The van der Waals surface area contributed by atoms with Crippen molar-refractivity contribution in [1.29, 1.82) is 5.26 Å². The van der Waals surface area contributed by atoms with Gasteiger partial charge in [-0.2, -0.15) is 5.26 Å². The maximum Gasteiger partial charge on any atom is 0.163 e. The van der Waals surface area contributed by atoms with Crippen molar-refractivity contribution in [2.45, 2.75) is 13.8 Å². The summed E-state index contributed by atoms with van der Waals surface area (Å²) in [4.78, 5) is 22.5. The van der Waals surface area contributed by atoms with Gasteiger partial charge in [0.15, 0.2) is 11.6 Å². The highest BCUT2D eigenvalue weighted by atomic mass is 35.5. The van der Waals surface area contributed by atoms with E-state index in [9.17, 15) is 9.59 Å². The fourth-order valence-electron chi connectivity index (χ4n) is 1.32. The lowest BCUT2D eigenvalue weighted by Crippen LogP contribution is -2.05. The van der Waals surface area contributed by atoms with E-state index in [0.29, 0.717) is 16.1 Å². The standard InChI is InChI=1S/C13H10ClNO2/c1-8(16)12(9(2)17)6-11-4-3-10(7-15)5-13(11)14/h3-6H,1-2H3. The molecule has 0 aliphatic rings. The van der Waals surface area contributed by atoms with Crippen LogP contribution < -0.4 is 0 Å². The molecular weight excluding hydrogens is 238 g/mol. The Morgan fingerprint density at radius 2 is 1.88 bits per heavy atom. The number of carbonyl (C=O) groups is 2. The molecule has 4 heteroatoms. The molecule has 3 nitrogen and oxygen atoms in total. The van der Waals surface area contributed by atoms with Gasteiger partial charge in [-0.15, -0.1) is 0 Å². The van der Waals surface area contributed by atoms with Crippen molar-refractivity contribution in [3.8, 4) is 6.07 Å². The average molecular weight is 248 g/mol. The van der Waals surface area contributed by atoms with E-state index in [-0.39, 0.29) is 17.1 Å². The van der Waals surface area contributed by atoms with Crippen LogP contribution in [-0.4, -0.2) is 11.6 Å². The minimum Gasteiger partial charge on any atom is -0.294 e. The maximum atomic E-state index is 11.2. The zero-order valence-corrected chi connectivity index (χ0v) is 10.2. The Morgan fingerprint density at radius 1 is 1.29 bits per heavy atom. The molecule has 0 heterocycles. The number of halogens is 1. The molecule has 0 saturated carbocycles. The number of benzene rings is 1. The van der Waals surface area contributed by atoms with Gasteiger partial charge in [0.1, 0.15) is 0 Å². The maximum absolute atomic E-state index is 11.2. The zero-order chi connectivity index (χ0) is 13.0. The van der Waals surface area contributed by atoms with Crippen LogP contribution in [0.3, 0.4) is 0 Å². The van der Waals surface area contributed by atoms with Gasteiger partial charge in [0.05, 0.1) is 17.2 Å². The predicted octanol–water partition coefficient (Wildman–Crippen LogP) is 2.77. The molecule has 0 aromatic heterocycles. The first kappa shape index (κ1) is 13.1. The molecule has 86 valence electrons. The fourth-order valence-corrected chi connectivity index (χ4v) is 1.56. The summed E-state index contributed by atoms with van der Waals surface area (Å²) in [6.07, 6.45) is 1.44. The molecule has 0 unspecified atom stereocenters. The molecule has 0 aliphatic carbocycles. The molecule has 0 N–H and O–H groups in total. The second-order valence-electron chi connectivity index (χ2n) is 3.52. The van der Waals surface area contributed by atoms with E-state index in [0.717, 1.165) is 0 Å². The molecular formula is C13H10ClNO2. The monoisotopic (exact) mass is 247 g/mol. The first-order chi connectivity index (χ1) is 7.95. The van der Waals surface area contributed by atoms with Crippen molar-refractivity contribution in [2.75, 3.05) is 0 Å². The van der Waals surface area contributed by atoms with Gasteiger partial charge in [0.25, 0.3) is 0 Å². The topological polar surface area (TPSA) is 57.9 Å². The number of hydrogen-bond donors (Lipinski definition) is 0. The Bertz CT molecular complexity index is 537. The van der Waals surface area contributed by atoms with Gasteiger partial charge >= 0.3 is 0 Å². The third kappa shape index (κ3) is 3.27. The summed E-state index contributed by atoms with van der Waals surface area (Å²) in [7, 11) is 0. The average Bonchev–Trinajstić information content (AvgIpc) is 2.26. The van der Waals surface area contributed by atoms with E-state index < -0.39 is 0 Å². The molecule has 0 amide bonds. The quantitative estimate of drug-likeness (QED) is 0.469. The molecule has 0 spiro atoms. The van der Waals surface area contributed by atoms with E-state index in [1.165, 1.54) is 26.0 Å². The van der Waals surface area contributed by atoms with E-state index in [2.05, 4.69) is 0 Å². The minimum absolute atomic E-state index is 0.0941. The predicted molar refractivity (Wildman–Crippen MR) is 65.5 cm³/mol. The number of hydrogen-bond acceptors (Lipinski definition) is 3. The van der Waals surface area contributed by atoms with Gasteiger partial charge < -0.3 is 0 Å². The summed E-state index contributed by atoms with van der Waals surface area (Å²) in [5, 5.41) is 9.02. The number of Topliss-reactive ketones (excluding diaryl/α,β-unsaturated/α-hetero) is 2. The summed E-state index contributed by atoms with van der Waals surface area (Å²) >= 11 is 5.94. The van der Waals surface area contributed by atoms with Crippen LogP contribution in [0, 0.1) is 11.3 Å². The largest absolute Gasteiger partial charge is 0.294 e. The van der Waals surface area contributed by atoms with Crippen LogP contribution >= 0.6 is 11.6 Å². The van der Waals surface area contributed by atoms with Crippen LogP contribution in [-0.2, 0) is 9.59 Å². The number of nitrogens with zero attached hydrogens (tertiary/aromatic N) is 1. The lowest BCUT2D eigenvalue weighted by Gasteiger charge is -2.02. The zero-order valence-electron chi connectivity index (χ0n) is 9.45. The minimum atomic E-state index is -0.307. The Labute approximate surface area is 104 Å². The number of ketones is 2. The molecule has 0 saturated heterocycles. The smallest absolute Gasteiger partial charge is 0.163 e. The molecule has 0 fully saturated rings. The summed E-state index contributed by atoms with van der Waals surface area (Å²) in [5.41, 5.74) is 1.07. The Balaban J connectivity index is 3.27. The van der Waals surface area contributed by atoms with Crippen molar-refractivity contribution in [2.24, 2.45) is 0 Å². The Hall–Kier alpha value is -1.92. The molecule has 17 heavy (non-hydrogen) atoms. The van der Waals surface area contributed by atoms with Gasteiger partial charge in [-0.05, 0) is 37.6 Å². The number of carbonyl (C=O) groups excluding carboxylic acids is 2. The number of rotatable bonds is 3. The third-order valence-corrected chi connectivity index (χ3v) is 2.52. The molecule has 0 aliphatic heterocycles. The van der Waals surface area contributed by atoms with E-state index in [4.69, 9.17) is 16.9 Å². The van der Waals surface area contributed by atoms with Gasteiger partial charge in [-0.3, -0.25) is 9.59 Å². The Kier molecular flexibility index (Phi) is 4.19. The number of nitriles is 1. The SMILES string of the molecule is CC(=O)C(=Cc1ccc(C#N)cc1Cl)C(C)=O. The third-order valence-electron chi connectivity index (χ3n) is 2.19. The summed E-state index contributed by atoms with van der Waals surface area (Å²) in [6.45, 7) is 2.65. The summed E-state index contributed by atoms with van der Waals surface area (Å²) in [5.74, 6) is -0.615. The second kappa shape index (κ2) is 5.42. The molecule has 0 bridgehead atoms. The van der Waals surface area contributed by atoms with E-state index in [1.54, 1.807) is 12.1 Å².